The molecule has 1 aliphatic heterocycles. The summed E-state index contributed by atoms with van der Waals surface area (Å²) in [5.41, 5.74) is 2.83. The van der Waals surface area contributed by atoms with Gasteiger partial charge in [0.1, 0.15) is 6.61 Å². The maximum absolute atomic E-state index is 8.71. The highest BCUT2D eigenvalue weighted by atomic mass is 16.5. The van der Waals surface area contributed by atoms with Gasteiger partial charge in [0.05, 0.1) is 23.0 Å². The van der Waals surface area contributed by atoms with Crippen molar-refractivity contribution in [1.82, 2.24) is 4.98 Å². The lowest BCUT2D eigenvalue weighted by Crippen LogP contribution is -2.20. The minimum Gasteiger partial charge on any atom is -0.488 e. The van der Waals surface area contributed by atoms with Gasteiger partial charge in [0.2, 0.25) is 0 Å². The van der Waals surface area contributed by atoms with E-state index in [1.165, 1.54) is 0 Å². The molecule has 90 valence electrons. The Balaban J connectivity index is 2.20. The van der Waals surface area contributed by atoms with Crippen LogP contribution in [0.25, 0.3) is 10.9 Å². The van der Waals surface area contributed by atoms with Crippen LogP contribution in [0.4, 0.5) is 5.69 Å². The molecule has 2 heterocycles. The second-order valence-electron chi connectivity index (χ2n) is 4.21. The number of fused-ring (bicyclic) bond motifs is 3. The third-order valence-electron chi connectivity index (χ3n) is 3.04. The van der Waals surface area contributed by atoms with E-state index in [-0.39, 0.29) is 0 Å². The molecule has 1 N–H and O–H groups in total. The SMILES string of the molecule is N#CCCc1nc2ccccc2c2c1OCCN2. The summed E-state index contributed by atoms with van der Waals surface area (Å²) in [6.45, 7) is 1.45. The molecule has 0 spiro atoms. The number of aryl methyl sites for hydroxylation is 1. The molecule has 0 unspecified atom stereocenters. The van der Waals surface area contributed by atoms with Gasteiger partial charge in [-0.2, -0.15) is 5.26 Å². The lowest BCUT2D eigenvalue weighted by molar-refractivity contribution is 0.319. The first kappa shape index (κ1) is 10.8. The largest absolute Gasteiger partial charge is 0.488 e. The Morgan fingerprint density at radius 3 is 3.17 bits per heavy atom. The number of nitrogens with zero attached hydrogens (tertiary/aromatic N) is 2. The van der Waals surface area contributed by atoms with Crippen molar-refractivity contribution in [3.63, 3.8) is 0 Å². The zero-order valence-electron chi connectivity index (χ0n) is 9.94. The number of anilines is 1. The molecule has 0 atom stereocenters. The van der Waals surface area contributed by atoms with E-state index >= 15 is 0 Å². The normalized spacial score (nSPS) is 13.3. The summed E-state index contributed by atoms with van der Waals surface area (Å²) in [5, 5.41) is 13.2. The van der Waals surface area contributed by atoms with Crippen LogP contribution >= 0.6 is 0 Å². The summed E-state index contributed by atoms with van der Waals surface area (Å²) in [6.07, 6.45) is 1.09. The molecular weight excluding hydrogens is 226 g/mol. The Labute approximate surface area is 105 Å². The van der Waals surface area contributed by atoms with Crippen LogP contribution in [0.1, 0.15) is 12.1 Å². The molecule has 0 saturated carbocycles. The number of benzene rings is 1. The second-order valence-corrected chi connectivity index (χ2v) is 4.21. The third-order valence-corrected chi connectivity index (χ3v) is 3.04. The molecule has 1 aromatic heterocycles. The fourth-order valence-electron chi connectivity index (χ4n) is 2.25. The van der Waals surface area contributed by atoms with E-state index in [9.17, 15) is 0 Å². The van der Waals surface area contributed by atoms with Gasteiger partial charge in [0.15, 0.2) is 5.75 Å². The van der Waals surface area contributed by atoms with Gasteiger partial charge in [-0.1, -0.05) is 18.2 Å². The number of pyridine rings is 1. The zero-order chi connectivity index (χ0) is 12.4. The quantitative estimate of drug-likeness (QED) is 0.874. The molecule has 1 aliphatic rings. The van der Waals surface area contributed by atoms with E-state index in [4.69, 9.17) is 10.00 Å². The van der Waals surface area contributed by atoms with E-state index in [2.05, 4.69) is 16.4 Å². The minimum atomic E-state index is 0.459. The van der Waals surface area contributed by atoms with Crippen LogP contribution in [0.2, 0.25) is 0 Å². The Morgan fingerprint density at radius 2 is 2.28 bits per heavy atom. The smallest absolute Gasteiger partial charge is 0.164 e. The Bertz CT molecular complexity index is 631. The second kappa shape index (κ2) is 4.53. The number of hydrogen-bond acceptors (Lipinski definition) is 4. The molecule has 0 bridgehead atoms. The predicted octanol–water partition coefficient (Wildman–Crippen LogP) is 2.50. The molecule has 0 radical (unpaired) electrons. The van der Waals surface area contributed by atoms with Crippen LogP contribution in [-0.4, -0.2) is 18.1 Å². The standard InChI is InChI=1S/C14H13N3O/c15-7-3-6-12-14-13(16-8-9-18-14)10-4-1-2-5-11(10)17-12/h1-2,4-5,16H,3,6,8-9H2. The van der Waals surface area contributed by atoms with Crippen molar-refractivity contribution >= 4 is 16.6 Å². The Morgan fingerprint density at radius 1 is 1.39 bits per heavy atom. The van der Waals surface area contributed by atoms with E-state index in [1.807, 2.05) is 24.3 Å². The number of rotatable bonds is 2. The van der Waals surface area contributed by atoms with Gasteiger partial charge in [-0.15, -0.1) is 0 Å². The zero-order valence-corrected chi connectivity index (χ0v) is 9.94. The van der Waals surface area contributed by atoms with Gasteiger partial charge in [0.25, 0.3) is 0 Å². The van der Waals surface area contributed by atoms with Crippen LogP contribution in [0.15, 0.2) is 24.3 Å². The fraction of sp³-hybridized carbons (Fsp3) is 0.286. The van der Waals surface area contributed by atoms with Crippen molar-refractivity contribution in [2.45, 2.75) is 12.8 Å². The minimum absolute atomic E-state index is 0.459. The third kappa shape index (κ3) is 1.74. The van der Waals surface area contributed by atoms with Crippen LogP contribution in [0.3, 0.4) is 0 Å². The summed E-state index contributed by atoms with van der Waals surface area (Å²) in [5.74, 6) is 0.815. The monoisotopic (exact) mass is 239 g/mol. The highest BCUT2D eigenvalue weighted by Crippen LogP contribution is 2.37. The average Bonchev–Trinajstić information content (AvgIpc) is 2.45. The maximum atomic E-state index is 8.71. The molecule has 0 saturated heterocycles. The van der Waals surface area contributed by atoms with Gasteiger partial charge in [0, 0.05) is 24.8 Å². The van der Waals surface area contributed by atoms with Crippen molar-refractivity contribution in [2.75, 3.05) is 18.5 Å². The van der Waals surface area contributed by atoms with Crippen molar-refractivity contribution in [1.29, 1.82) is 5.26 Å². The van der Waals surface area contributed by atoms with E-state index in [0.717, 1.165) is 34.6 Å². The van der Waals surface area contributed by atoms with Crippen LogP contribution < -0.4 is 10.1 Å². The van der Waals surface area contributed by atoms with Gasteiger partial charge in [-0.25, -0.2) is 4.98 Å². The molecule has 4 heteroatoms. The number of nitrogens with one attached hydrogen (secondary N) is 1. The average molecular weight is 239 g/mol. The summed E-state index contributed by atoms with van der Waals surface area (Å²) in [7, 11) is 0. The molecule has 4 nitrogen and oxygen atoms in total. The maximum Gasteiger partial charge on any atom is 0.164 e. The number of aromatic nitrogens is 1. The van der Waals surface area contributed by atoms with Crippen molar-refractivity contribution in [3.05, 3.63) is 30.0 Å². The fourth-order valence-corrected chi connectivity index (χ4v) is 2.25. The number of para-hydroxylation sites is 1. The van der Waals surface area contributed by atoms with Gasteiger partial charge in [-0.3, -0.25) is 0 Å². The molecule has 0 fully saturated rings. The summed E-state index contributed by atoms with van der Waals surface area (Å²) in [4.78, 5) is 4.61. The molecule has 2 aromatic rings. The Hall–Kier alpha value is -2.28. The van der Waals surface area contributed by atoms with E-state index < -0.39 is 0 Å². The van der Waals surface area contributed by atoms with Gasteiger partial charge in [-0.05, 0) is 6.07 Å². The molecule has 0 aliphatic carbocycles. The first-order valence-electron chi connectivity index (χ1n) is 6.05. The van der Waals surface area contributed by atoms with E-state index in [0.29, 0.717) is 19.4 Å². The number of hydrogen-bond donors (Lipinski definition) is 1. The summed E-state index contributed by atoms with van der Waals surface area (Å²) in [6, 6.07) is 10.1. The van der Waals surface area contributed by atoms with Gasteiger partial charge >= 0.3 is 0 Å². The van der Waals surface area contributed by atoms with Crippen molar-refractivity contribution in [3.8, 4) is 11.8 Å². The topological polar surface area (TPSA) is 57.9 Å². The van der Waals surface area contributed by atoms with Gasteiger partial charge < -0.3 is 10.1 Å². The number of nitriles is 1. The molecule has 3 rings (SSSR count). The molecular formula is C14H13N3O. The predicted molar refractivity (Wildman–Crippen MR) is 69.7 cm³/mol. The van der Waals surface area contributed by atoms with Crippen LogP contribution in [0.5, 0.6) is 5.75 Å². The van der Waals surface area contributed by atoms with Crippen LogP contribution in [0, 0.1) is 11.3 Å². The lowest BCUT2D eigenvalue weighted by atomic mass is 10.1. The van der Waals surface area contributed by atoms with Crippen molar-refractivity contribution in [2.24, 2.45) is 0 Å². The highest BCUT2D eigenvalue weighted by molar-refractivity contribution is 5.95. The molecule has 1 aromatic carbocycles. The first-order valence-corrected chi connectivity index (χ1v) is 6.05. The highest BCUT2D eigenvalue weighted by Gasteiger charge is 2.18. The molecule has 0 amide bonds. The van der Waals surface area contributed by atoms with E-state index in [1.54, 1.807) is 0 Å². The first-order chi connectivity index (χ1) is 8.90. The Kier molecular flexibility index (Phi) is 2.73. The summed E-state index contributed by atoms with van der Waals surface area (Å²) < 4.78 is 5.73. The molecule has 18 heavy (non-hydrogen) atoms. The van der Waals surface area contributed by atoms with Crippen LogP contribution in [-0.2, 0) is 6.42 Å². The van der Waals surface area contributed by atoms with Crippen molar-refractivity contribution < 1.29 is 4.74 Å². The summed E-state index contributed by atoms with van der Waals surface area (Å²) >= 11 is 0. The number of ether oxygens (including phenoxy) is 1. The lowest BCUT2D eigenvalue weighted by Gasteiger charge is -2.22.